The molecule has 1 aromatic heterocycles. The van der Waals surface area contributed by atoms with Crippen molar-refractivity contribution >= 4 is 23.4 Å². The third-order valence-corrected chi connectivity index (χ3v) is 6.23. The second kappa shape index (κ2) is 11.5. The average molecular weight is 507 g/mol. The lowest BCUT2D eigenvalue weighted by Crippen LogP contribution is -2.15. The number of rotatable bonds is 10. The van der Waals surface area contributed by atoms with Gasteiger partial charge in [0.1, 0.15) is 11.5 Å². The van der Waals surface area contributed by atoms with Gasteiger partial charge in [-0.05, 0) is 42.5 Å². The van der Waals surface area contributed by atoms with Gasteiger partial charge in [-0.15, -0.1) is 10.2 Å². The van der Waals surface area contributed by atoms with Gasteiger partial charge in [0.15, 0.2) is 22.5 Å². The predicted octanol–water partition coefficient (Wildman–Crippen LogP) is 4.70. The maximum Gasteiger partial charge on any atom is 0.234 e. The summed E-state index contributed by atoms with van der Waals surface area (Å²) >= 11 is 1.28. The summed E-state index contributed by atoms with van der Waals surface area (Å²) < 4.78 is 23.3. The number of methoxy groups -OCH3 is 4. The van der Waals surface area contributed by atoms with E-state index in [1.54, 1.807) is 46.6 Å². The summed E-state index contributed by atoms with van der Waals surface area (Å²) in [5.74, 6) is 2.85. The molecular formula is C26H26N4O5S. The number of thioether (sulfide) groups is 1. The van der Waals surface area contributed by atoms with E-state index in [2.05, 4.69) is 15.5 Å². The number of aromatic nitrogens is 3. The summed E-state index contributed by atoms with van der Waals surface area (Å²) in [6.45, 7) is 0. The van der Waals surface area contributed by atoms with Crippen molar-refractivity contribution < 1.29 is 23.7 Å². The van der Waals surface area contributed by atoms with Crippen LogP contribution in [0.5, 0.6) is 23.0 Å². The van der Waals surface area contributed by atoms with Crippen molar-refractivity contribution in [2.24, 2.45) is 0 Å². The fourth-order valence-electron chi connectivity index (χ4n) is 3.56. The maximum atomic E-state index is 12.8. The topological polar surface area (TPSA) is 96.7 Å². The number of para-hydroxylation sites is 1. The Kier molecular flexibility index (Phi) is 7.96. The summed E-state index contributed by atoms with van der Waals surface area (Å²) in [4.78, 5) is 12.8. The van der Waals surface area contributed by atoms with Gasteiger partial charge in [-0.25, -0.2) is 0 Å². The molecule has 1 N–H and O–H groups in total. The first kappa shape index (κ1) is 24.9. The van der Waals surface area contributed by atoms with Crippen molar-refractivity contribution in [3.05, 3.63) is 66.7 Å². The van der Waals surface area contributed by atoms with Crippen LogP contribution in [0.25, 0.3) is 17.1 Å². The number of ether oxygens (including phenoxy) is 4. The van der Waals surface area contributed by atoms with Crippen LogP contribution in [0.4, 0.5) is 5.69 Å². The van der Waals surface area contributed by atoms with Gasteiger partial charge in [0.25, 0.3) is 0 Å². The summed E-state index contributed by atoms with van der Waals surface area (Å²) in [7, 11) is 6.28. The van der Waals surface area contributed by atoms with E-state index >= 15 is 0 Å². The molecule has 0 fully saturated rings. The highest BCUT2D eigenvalue weighted by Crippen LogP contribution is 2.34. The smallest absolute Gasteiger partial charge is 0.234 e. The van der Waals surface area contributed by atoms with Crippen LogP contribution in [0.3, 0.4) is 0 Å². The Morgan fingerprint density at radius 1 is 0.833 bits per heavy atom. The fraction of sp³-hybridized carbons (Fsp3) is 0.192. The largest absolute Gasteiger partial charge is 0.497 e. The monoisotopic (exact) mass is 506 g/mol. The van der Waals surface area contributed by atoms with Crippen molar-refractivity contribution in [2.75, 3.05) is 39.5 Å². The Bertz CT molecular complexity index is 1340. The third kappa shape index (κ3) is 5.38. The highest BCUT2D eigenvalue weighted by Gasteiger charge is 2.19. The molecule has 1 heterocycles. The number of carbonyl (C=O) groups is 1. The van der Waals surface area contributed by atoms with Crippen LogP contribution in [-0.2, 0) is 4.79 Å². The van der Waals surface area contributed by atoms with Gasteiger partial charge in [0, 0.05) is 17.3 Å². The lowest BCUT2D eigenvalue weighted by molar-refractivity contribution is -0.113. The van der Waals surface area contributed by atoms with Crippen LogP contribution in [0.15, 0.2) is 71.9 Å². The molecule has 0 aliphatic heterocycles. The highest BCUT2D eigenvalue weighted by molar-refractivity contribution is 7.99. The SMILES string of the molecule is COc1ccc(OC)c(NC(=O)CSc2nnc(-c3ccc(OC)c(OC)c3)n2-c2ccccc2)c1. The van der Waals surface area contributed by atoms with Crippen molar-refractivity contribution in [1.29, 1.82) is 0 Å². The van der Waals surface area contributed by atoms with Crippen molar-refractivity contribution in [2.45, 2.75) is 5.16 Å². The minimum atomic E-state index is -0.221. The fourth-order valence-corrected chi connectivity index (χ4v) is 4.32. The minimum absolute atomic E-state index is 0.108. The van der Waals surface area contributed by atoms with Crippen LogP contribution in [-0.4, -0.2) is 54.9 Å². The van der Waals surface area contributed by atoms with Gasteiger partial charge in [-0.1, -0.05) is 30.0 Å². The van der Waals surface area contributed by atoms with Gasteiger partial charge in [-0.3, -0.25) is 9.36 Å². The molecular weight excluding hydrogens is 480 g/mol. The molecule has 9 nitrogen and oxygen atoms in total. The van der Waals surface area contributed by atoms with Crippen molar-refractivity contribution in [3.8, 4) is 40.1 Å². The van der Waals surface area contributed by atoms with Crippen molar-refractivity contribution in [3.63, 3.8) is 0 Å². The first-order chi connectivity index (χ1) is 17.6. The summed E-state index contributed by atoms with van der Waals surface area (Å²) in [5, 5.41) is 12.3. The minimum Gasteiger partial charge on any atom is -0.497 e. The zero-order valence-electron chi connectivity index (χ0n) is 20.3. The molecule has 3 aromatic carbocycles. The lowest BCUT2D eigenvalue weighted by Gasteiger charge is -2.13. The van der Waals surface area contributed by atoms with Crippen LogP contribution in [0, 0.1) is 0 Å². The van der Waals surface area contributed by atoms with Crippen LogP contribution >= 0.6 is 11.8 Å². The number of hydrogen-bond donors (Lipinski definition) is 1. The molecule has 10 heteroatoms. The molecule has 1 amide bonds. The number of anilines is 1. The Morgan fingerprint density at radius 2 is 1.56 bits per heavy atom. The molecule has 0 saturated carbocycles. The van der Waals surface area contributed by atoms with E-state index in [4.69, 9.17) is 18.9 Å². The second-order valence-electron chi connectivity index (χ2n) is 7.45. The standard InChI is InChI=1S/C26H26N4O5S/c1-32-19-11-13-21(33-2)20(15-19)27-24(31)16-36-26-29-28-25(30(26)18-8-6-5-7-9-18)17-10-12-22(34-3)23(14-17)35-4/h5-15H,16H2,1-4H3,(H,27,31). The van der Waals surface area contributed by atoms with Crippen LogP contribution < -0.4 is 24.3 Å². The summed E-state index contributed by atoms with van der Waals surface area (Å²) in [5.41, 5.74) is 2.18. The van der Waals surface area contributed by atoms with Crippen molar-refractivity contribution in [1.82, 2.24) is 14.8 Å². The van der Waals surface area contributed by atoms with E-state index in [9.17, 15) is 4.79 Å². The number of amides is 1. The molecule has 4 rings (SSSR count). The van der Waals surface area contributed by atoms with E-state index in [0.29, 0.717) is 39.7 Å². The first-order valence-corrected chi connectivity index (χ1v) is 11.9. The predicted molar refractivity (Wildman–Crippen MR) is 139 cm³/mol. The van der Waals surface area contributed by atoms with Crippen LogP contribution in [0.1, 0.15) is 0 Å². The van der Waals surface area contributed by atoms with Gasteiger partial charge in [-0.2, -0.15) is 0 Å². The van der Waals surface area contributed by atoms with E-state index in [-0.39, 0.29) is 11.7 Å². The Balaban J connectivity index is 1.61. The zero-order chi connectivity index (χ0) is 25.5. The van der Waals surface area contributed by atoms with Gasteiger partial charge < -0.3 is 24.3 Å². The molecule has 0 spiro atoms. The summed E-state index contributed by atoms with van der Waals surface area (Å²) in [6.07, 6.45) is 0. The Hall–Kier alpha value is -4.18. The number of hydrogen-bond acceptors (Lipinski definition) is 8. The molecule has 0 aliphatic carbocycles. The van der Waals surface area contributed by atoms with Gasteiger partial charge in [0.2, 0.25) is 5.91 Å². The number of nitrogens with one attached hydrogen (secondary N) is 1. The number of benzene rings is 3. The molecule has 4 aromatic rings. The highest BCUT2D eigenvalue weighted by atomic mass is 32.2. The molecule has 186 valence electrons. The normalized spacial score (nSPS) is 10.6. The molecule has 0 atom stereocenters. The van der Waals surface area contributed by atoms with Gasteiger partial charge >= 0.3 is 0 Å². The number of nitrogens with zero attached hydrogens (tertiary/aromatic N) is 3. The molecule has 0 unspecified atom stereocenters. The molecule has 0 saturated heterocycles. The quantitative estimate of drug-likeness (QED) is 0.309. The Morgan fingerprint density at radius 3 is 2.25 bits per heavy atom. The summed E-state index contributed by atoms with van der Waals surface area (Å²) in [6, 6.07) is 20.5. The molecule has 0 bridgehead atoms. The van der Waals surface area contributed by atoms with E-state index < -0.39 is 0 Å². The maximum absolute atomic E-state index is 12.8. The van der Waals surface area contributed by atoms with E-state index in [1.165, 1.54) is 11.8 Å². The van der Waals surface area contributed by atoms with E-state index in [1.807, 2.05) is 53.1 Å². The molecule has 36 heavy (non-hydrogen) atoms. The Labute approximate surface area is 213 Å². The molecule has 0 aliphatic rings. The second-order valence-corrected chi connectivity index (χ2v) is 8.39. The zero-order valence-corrected chi connectivity index (χ0v) is 21.2. The van der Waals surface area contributed by atoms with Gasteiger partial charge in [0.05, 0.1) is 39.9 Å². The lowest BCUT2D eigenvalue weighted by atomic mass is 10.2. The number of carbonyl (C=O) groups excluding carboxylic acids is 1. The average Bonchev–Trinajstić information content (AvgIpc) is 3.35. The third-order valence-electron chi connectivity index (χ3n) is 5.30. The molecule has 0 radical (unpaired) electrons. The van der Waals surface area contributed by atoms with E-state index in [0.717, 1.165) is 11.3 Å². The van der Waals surface area contributed by atoms with Crippen LogP contribution in [0.2, 0.25) is 0 Å². The first-order valence-electron chi connectivity index (χ1n) is 11.0.